The lowest BCUT2D eigenvalue weighted by Crippen LogP contribution is -2.33. The number of anilines is 4. The van der Waals surface area contributed by atoms with E-state index >= 15 is 0 Å². The van der Waals surface area contributed by atoms with E-state index in [-0.39, 0.29) is 29.6 Å². The molecule has 0 spiro atoms. The first-order valence-electron chi connectivity index (χ1n) is 19.8. The van der Waals surface area contributed by atoms with E-state index in [4.69, 9.17) is 0 Å². The molecule has 0 aromatic heterocycles. The number of aliphatic hydroxyl groups is 1. The number of imide groups is 3. The average molecular weight is 799 g/mol. The number of nitrogens with zero attached hydrogens (tertiary/aromatic N) is 4. The van der Waals surface area contributed by atoms with Gasteiger partial charge in [0.05, 0.1) is 17.1 Å². The summed E-state index contributed by atoms with van der Waals surface area (Å²) < 4.78 is 0. The maximum atomic E-state index is 12.5. The molecule has 4 aromatic rings. The van der Waals surface area contributed by atoms with Gasteiger partial charge in [-0.1, -0.05) is 48.5 Å². The van der Waals surface area contributed by atoms with Crippen LogP contribution in [0.15, 0.2) is 146 Å². The van der Waals surface area contributed by atoms with Gasteiger partial charge >= 0.3 is 0 Å². The third-order valence-electron chi connectivity index (χ3n) is 12.2. The average Bonchev–Trinajstić information content (AvgIpc) is 4.00. The lowest BCUT2D eigenvalue weighted by molar-refractivity contribution is -0.121. The molecule has 1 fully saturated rings. The highest BCUT2D eigenvalue weighted by molar-refractivity contribution is 6.29. The zero-order chi connectivity index (χ0) is 41.7. The van der Waals surface area contributed by atoms with Crippen LogP contribution in [0.25, 0.3) is 0 Å². The molecule has 5 aliphatic rings. The van der Waals surface area contributed by atoms with Crippen LogP contribution in [0, 0.1) is 11.8 Å². The third kappa shape index (κ3) is 6.90. The molecule has 7 amide bonds. The largest absolute Gasteiger partial charge is 0.369 e. The molecule has 2 unspecified atom stereocenters. The van der Waals surface area contributed by atoms with E-state index in [0.29, 0.717) is 22.7 Å². The molecule has 4 aliphatic heterocycles. The molecule has 12 nitrogen and oxygen atoms in total. The molecule has 1 saturated carbocycles. The Balaban J connectivity index is 1.01. The first-order valence-corrected chi connectivity index (χ1v) is 19.8. The molecule has 9 rings (SSSR count). The molecule has 60 heavy (non-hydrogen) atoms. The fourth-order valence-corrected chi connectivity index (χ4v) is 9.33. The summed E-state index contributed by atoms with van der Waals surface area (Å²) in [5.41, 5.74) is 6.01. The van der Waals surface area contributed by atoms with E-state index in [9.17, 15) is 38.7 Å². The van der Waals surface area contributed by atoms with Gasteiger partial charge in [-0.3, -0.25) is 38.5 Å². The van der Waals surface area contributed by atoms with Crippen molar-refractivity contribution in [2.24, 2.45) is 11.8 Å². The van der Waals surface area contributed by atoms with Crippen molar-refractivity contribution >= 4 is 64.1 Å². The van der Waals surface area contributed by atoms with E-state index in [1.54, 1.807) is 36.4 Å². The number of carbonyl (C=O) groups is 7. The Bertz CT molecular complexity index is 2430. The van der Waals surface area contributed by atoms with E-state index in [0.717, 1.165) is 62.6 Å². The summed E-state index contributed by atoms with van der Waals surface area (Å²) in [4.78, 5) is 92.0. The lowest BCUT2D eigenvalue weighted by Gasteiger charge is -2.38. The topological polar surface area (TPSA) is 153 Å². The van der Waals surface area contributed by atoms with Gasteiger partial charge in [-0.05, 0) is 114 Å². The number of hydrogen-bond acceptors (Lipinski definition) is 8. The summed E-state index contributed by atoms with van der Waals surface area (Å²) in [5, 5.41) is 10.4. The summed E-state index contributed by atoms with van der Waals surface area (Å²) in [6, 6.07) is 30.1. The molecular formula is C48H38N4O8. The quantitative estimate of drug-likeness (QED) is 0.193. The summed E-state index contributed by atoms with van der Waals surface area (Å²) in [6.07, 6.45) is 12.6. The van der Waals surface area contributed by atoms with Crippen molar-refractivity contribution < 1.29 is 38.7 Å². The van der Waals surface area contributed by atoms with E-state index in [1.165, 1.54) is 53.5 Å². The highest BCUT2D eigenvalue weighted by Crippen LogP contribution is 2.48. The third-order valence-corrected chi connectivity index (χ3v) is 12.2. The molecule has 1 aliphatic carbocycles. The molecule has 0 bridgehead atoms. The molecule has 4 heterocycles. The summed E-state index contributed by atoms with van der Waals surface area (Å²) in [6.45, 7) is 0. The molecule has 0 radical (unpaired) electrons. The van der Waals surface area contributed by atoms with Gasteiger partial charge in [-0.2, -0.15) is 0 Å². The number of benzene rings is 4. The predicted molar refractivity (Wildman–Crippen MR) is 222 cm³/mol. The van der Waals surface area contributed by atoms with Crippen LogP contribution < -0.4 is 19.6 Å². The van der Waals surface area contributed by atoms with Crippen LogP contribution in [-0.4, -0.2) is 52.7 Å². The maximum Gasteiger partial charge on any atom is 0.258 e. The van der Waals surface area contributed by atoms with Crippen molar-refractivity contribution in [2.75, 3.05) is 19.6 Å². The van der Waals surface area contributed by atoms with Gasteiger partial charge in [-0.15, -0.1) is 0 Å². The fraction of sp³-hybridized carbons (Fsp3) is 0.188. The van der Waals surface area contributed by atoms with Crippen LogP contribution in [0.3, 0.4) is 0 Å². The number of amides is 7. The smallest absolute Gasteiger partial charge is 0.258 e. The van der Waals surface area contributed by atoms with E-state index < -0.39 is 41.7 Å². The minimum atomic E-state index is -1.04. The summed E-state index contributed by atoms with van der Waals surface area (Å²) in [5.74, 6) is -2.50. The highest BCUT2D eigenvalue weighted by Gasteiger charge is 2.36. The van der Waals surface area contributed by atoms with Gasteiger partial charge in [0.1, 0.15) is 0 Å². The number of hydrogen-bond donors (Lipinski definition) is 1. The van der Waals surface area contributed by atoms with Gasteiger partial charge in [0.2, 0.25) is 0 Å². The SMILES string of the molecule is O=C1C=CC(=O)N1c1ccc(C(c2ccc(N3C(=O)C=CC3=O)cc2)C2CCC(C(c3ccc(N4C(=O)C=CC4=O)cc3)c3ccc(N4C(=O)C=CC4O)cc3)CC2)cc1. The molecular weight excluding hydrogens is 761 g/mol. The van der Waals surface area contributed by atoms with E-state index in [1.807, 2.05) is 60.7 Å². The molecule has 0 saturated heterocycles. The Morgan fingerprint density at radius 3 is 0.883 bits per heavy atom. The van der Waals surface area contributed by atoms with Crippen LogP contribution in [0.2, 0.25) is 0 Å². The maximum absolute atomic E-state index is 12.5. The minimum absolute atomic E-state index is 0.0835. The molecule has 12 heteroatoms. The Morgan fingerprint density at radius 1 is 0.367 bits per heavy atom. The van der Waals surface area contributed by atoms with Crippen LogP contribution in [0.1, 0.15) is 59.8 Å². The van der Waals surface area contributed by atoms with Crippen molar-refractivity contribution in [3.05, 3.63) is 168 Å². The van der Waals surface area contributed by atoms with Gasteiger partial charge in [0, 0.05) is 60.1 Å². The minimum Gasteiger partial charge on any atom is -0.369 e. The predicted octanol–water partition coefficient (Wildman–Crippen LogP) is 5.97. The number of rotatable bonds is 10. The zero-order valence-corrected chi connectivity index (χ0v) is 32.2. The summed E-state index contributed by atoms with van der Waals surface area (Å²) >= 11 is 0. The Labute approximate surface area is 345 Å². The van der Waals surface area contributed by atoms with Crippen molar-refractivity contribution in [1.29, 1.82) is 0 Å². The normalized spacial score (nSPS) is 21.9. The number of carbonyl (C=O) groups excluding carboxylic acids is 7. The van der Waals surface area contributed by atoms with E-state index in [2.05, 4.69) is 0 Å². The van der Waals surface area contributed by atoms with Crippen LogP contribution in [0.4, 0.5) is 22.7 Å². The van der Waals surface area contributed by atoms with Crippen molar-refractivity contribution in [3.8, 4) is 0 Å². The van der Waals surface area contributed by atoms with Crippen LogP contribution in [0.5, 0.6) is 0 Å². The van der Waals surface area contributed by atoms with Gasteiger partial charge in [0.15, 0.2) is 6.23 Å². The molecule has 2 atom stereocenters. The Morgan fingerprint density at radius 2 is 0.633 bits per heavy atom. The van der Waals surface area contributed by atoms with Crippen molar-refractivity contribution in [2.45, 2.75) is 43.7 Å². The molecule has 4 aromatic carbocycles. The van der Waals surface area contributed by atoms with Crippen LogP contribution in [-0.2, 0) is 33.6 Å². The Kier molecular flexibility index (Phi) is 9.85. The zero-order valence-electron chi connectivity index (χ0n) is 32.2. The second-order valence-corrected chi connectivity index (χ2v) is 15.5. The van der Waals surface area contributed by atoms with Crippen molar-refractivity contribution in [3.63, 3.8) is 0 Å². The van der Waals surface area contributed by atoms with Gasteiger partial charge < -0.3 is 5.11 Å². The van der Waals surface area contributed by atoms with Crippen LogP contribution >= 0.6 is 0 Å². The first-order chi connectivity index (χ1) is 29.0. The molecule has 1 N–H and O–H groups in total. The lowest BCUT2D eigenvalue weighted by atomic mass is 9.66. The standard InChI is InChI=1S/C48H38N4O8/c53-39-21-22-40(54)49(39)35-13-5-31(6-14-35)47(32-7-15-36(16-8-32)50-41(55)23-24-42(50)56)29-1-2-30(4-3-29)48(33-9-17-37(18-10-33)51-43(57)25-26-44(51)58)34-11-19-38(20-12-34)52-45(59)27-28-46(52)60/h5-30,39,47-48,53H,1-4H2. The van der Waals surface area contributed by atoms with Gasteiger partial charge in [0.25, 0.3) is 41.4 Å². The first kappa shape index (κ1) is 38.2. The monoisotopic (exact) mass is 798 g/mol. The second-order valence-electron chi connectivity index (χ2n) is 15.5. The molecule has 298 valence electrons. The Hall–Kier alpha value is -7.31. The van der Waals surface area contributed by atoms with Crippen molar-refractivity contribution in [1.82, 2.24) is 0 Å². The summed E-state index contributed by atoms with van der Waals surface area (Å²) in [7, 11) is 0. The number of aliphatic hydroxyl groups excluding tert-OH is 1. The highest BCUT2D eigenvalue weighted by atomic mass is 16.3. The fourth-order valence-electron chi connectivity index (χ4n) is 9.33. The van der Waals surface area contributed by atoms with Gasteiger partial charge in [-0.25, -0.2) is 14.7 Å². The second kappa shape index (κ2) is 15.5.